The summed E-state index contributed by atoms with van der Waals surface area (Å²) >= 11 is 3.45. The van der Waals surface area contributed by atoms with Gasteiger partial charge in [0.15, 0.2) is 0 Å². The van der Waals surface area contributed by atoms with Crippen molar-refractivity contribution < 1.29 is 4.21 Å². The van der Waals surface area contributed by atoms with Crippen LogP contribution in [0.25, 0.3) is 0 Å². The van der Waals surface area contributed by atoms with E-state index in [0.29, 0.717) is 6.04 Å². The third-order valence-electron chi connectivity index (χ3n) is 2.58. The van der Waals surface area contributed by atoms with Gasteiger partial charge in [-0.3, -0.25) is 4.21 Å². The average Bonchev–Trinajstić information content (AvgIpc) is 2.22. The molecule has 1 fully saturated rings. The first-order valence-electron chi connectivity index (χ1n) is 5.11. The van der Waals surface area contributed by atoms with E-state index < -0.39 is 10.8 Å². The number of nitrogens with one attached hydrogen (secondary N) is 1. The lowest BCUT2D eigenvalue weighted by Gasteiger charge is -2.23. The fraction of sp³-hybridized carbons (Fsp3) is 0.455. The van der Waals surface area contributed by atoms with Crippen LogP contribution in [-0.4, -0.2) is 21.8 Å². The summed E-state index contributed by atoms with van der Waals surface area (Å²) in [7, 11) is -0.573. The Balaban J connectivity index is 1.94. The van der Waals surface area contributed by atoms with Crippen LogP contribution in [0.1, 0.15) is 12.8 Å². The molecule has 0 aliphatic carbocycles. The van der Waals surface area contributed by atoms with Crippen LogP contribution in [0.15, 0.2) is 28.7 Å². The van der Waals surface area contributed by atoms with Crippen molar-refractivity contribution in [3.8, 4) is 0 Å². The summed E-state index contributed by atoms with van der Waals surface area (Å²) in [5.74, 6) is 1.68. The molecule has 1 aliphatic heterocycles. The molecule has 1 aromatic carbocycles. The van der Waals surface area contributed by atoms with Gasteiger partial charge in [0.05, 0.1) is 0 Å². The highest BCUT2D eigenvalue weighted by Crippen LogP contribution is 2.19. The van der Waals surface area contributed by atoms with Crippen molar-refractivity contribution in [2.75, 3.05) is 16.8 Å². The minimum absolute atomic E-state index is 0.483. The Bertz CT molecular complexity index is 359. The van der Waals surface area contributed by atoms with Crippen molar-refractivity contribution in [3.05, 3.63) is 28.7 Å². The van der Waals surface area contributed by atoms with Gasteiger partial charge in [-0.05, 0) is 31.0 Å². The number of rotatable bonds is 2. The van der Waals surface area contributed by atoms with Gasteiger partial charge in [-0.25, -0.2) is 0 Å². The summed E-state index contributed by atoms with van der Waals surface area (Å²) in [5, 5.41) is 3.48. The molecule has 4 heteroatoms. The predicted octanol–water partition coefficient (Wildman–Crippen LogP) is 2.77. The molecule has 82 valence electrons. The molecule has 2 nitrogen and oxygen atoms in total. The zero-order valence-electron chi connectivity index (χ0n) is 8.41. The largest absolute Gasteiger partial charge is 0.382 e. The van der Waals surface area contributed by atoms with Gasteiger partial charge in [0.1, 0.15) is 0 Å². The van der Waals surface area contributed by atoms with Crippen molar-refractivity contribution >= 4 is 32.4 Å². The van der Waals surface area contributed by atoms with E-state index in [2.05, 4.69) is 33.4 Å². The zero-order valence-corrected chi connectivity index (χ0v) is 10.8. The van der Waals surface area contributed by atoms with Crippen LogP contribution in [0.2, 0.25) is 0 Å². The zero-order chi connectivity index (χ0) is 10.7. The molecule has 1 aromatic rings. The molecule has 1 N–H and O–H groups in total. The highest BCUT2D eigenvalue weighted by Gasteiger charge is 2.17. The second kappa shape index (κ2) is 5.12. The molecule has 15 heavy (non-hydrogen) atoms. The first-order chi connectivity index (χ1) is 7.24. The lowest BCUT2D eigenvalue weighted by molar-refractivity contribution is 0.624. The Morgan fingerprint density at radius 3 is 2.73 bits per heavy atom. The molecule has 1 saturated heterocycles. The van der Waals surface area contributed by atoms with E-state index in [4.69, 9.17) is 0 Å². The molecule has 0 atom stereocenters. The van der Waals surface area contributed by atoms with Gasteiger partial charge in [0, 0.05) is 38.5 Å². The number of hydrogen-bond donors (Lipinski definition) is 1. The molecular formula is C11H14BrNOS. The van der Waals surface area contributed by atoms with Gasteiger partial charge in [-0.2, -0.15) is 0 Å². The van der Waals surface area contributed by atoms with Crippen molar-refractivity contribution in [1.29, 1.82) is 0 Å². The number of benzene rings is 1. The Morgan fingerprint density at radius 2 is 2.07 bits per heavy atom. The summed E-state index contributed by atoms with van der Waals surface area (Å²) in [6.07, 6.45) is 2.03. The predicted molar refractivity (Wildman–Crippen MR) is 68.7 cm³/mol. The quantitative estimate of drug-likeness (QED) is 0.906. The molecule has 0 saturated carbocycles. The third kappa shape index (κ3) is 3.31. The molecule has 0 amide bonds. The number of hydrogen-bond acceptors (Lipinski definition) is 2. The van der Waals surface area contributed by atoms with Gasteiger partial charge in [-0.15, -0.1) is 0 Å². The van der Waals surface area contributed by atoms with Crippen molar-refractivity contribution in [2.45, 2.75) is 18.9 Å². The van der Waals surface area contributed by atoms with Crippen LogP contribution in [0.3, 0.4) is 0 Å². The first-order valence-corrected chi connectivity index (χ1v) is 7.39. The molecule has 1 aliphatic rings. The summed E-state index contributed by atoms with van der Waals surface area (Å²) in [6.45, 7) is 0. The van der Waals surface area contributed by atoms with Crippen LogP contribution < -0.4 is 5.32 Å². The lowest BCUT2D eigenvalue weighted by Crippen LogP contribution is -2.29. The topological polar surface area (TPSA) is 29.1 Å². The van der Waals surface area contributed by atoms with E-state index in [9.17, 15) is 4.21 Å². The van der Waals surface area contributed by atoms with Crippen LogP contribution in [0.4, 0.5) is 5.69 Å². The molecule has 0 spiro atoms. The fourth-order valence-electron chi connectivity index (χ4n) is 1.75. The van der Waals surface area contributed by atoms with Gasteiger partial charge in [0.25, 0.3) is 0 Å². The first kappa shape index (κ1) is 11.1. The molecule has 0 unspecified atom stereocenters. The fourth-order valence-corrected chi connectivity index (χ4v) is 3.45. The van der Waals surface area contributed by atoms with Crippen molar-refractivity contribution in [3.63, 3.8) is 0 Å². The SMILES string of the molecule is O=S1CCC(Nc2cccc(Br)c2)CC1. The van der Waals surface area contributed by atoms with E-state index in [1.165, 1.54) is 0 Å². The Hall–Kier alpha value is -0.350. The smallest absolute Gasteiger partial charge is 0.0353 e. The number of anilines is 1. The van der Waals surface area contributed by atoms with E-state index in [-0.39, 0.29) is 0 Å². The maximum Gasteiger partial charge on any atom is 0.0353 e. The second-order valence-corrected chi connectivity index (χ2v) is 6.39. The van der Waals surface area contributed by atoms with E-state index >= 15 is 0 Å². The van der Waals surface area contributed by atoms with Crippen LogP contribution in [0, 0.1) is 0 Å². The average molecular weight is 288 g/mol. The van der Waals surface area contributed by atoms with Gasteiger partial charge >= 0.3 is 0 Å². The standard InChI is InChI=1S/C11H14BrNOS/c12-9-2-1-3-11(8-9)13-10-4-6-15(14)7-5-10/h1-3,8,10,13H,4-7H2. The van der Waals surface area contributed by atoms with E-state index in [0.717, 1.165) is 34.5 Å². The van der Waals surface area contributed by atoms with E-state index in [1.54, 1.807) is 0 Å². The van der Waals surface area contributed by atoms with Crippen molar-refractivity contribution in [1.82, 2.24) is 0 Å². The minimum atomic E-state index is -0.573. The van der Waals surface area contributed by atoms with Crippen LogP contribution in [-0.2, 0) is 10.8 Å². The molecule has 0 radical (unpaired) electrons. The highest BCUT2D eigenvalue weighted by atomic mass is 79.9. The van der Waals surface area contributed by atoms with Gasteiger partial charge < -0.3 is 5.32 Å². The summed E-state index contributed by atoms with van der Waals surface area (Å²) in [6, 6.07) is 8.66. The molecule has 0 bridgehead atoms. The minimum Gasteiger partial charge on any atom is -0.382 e. The molecule has 2 rings (SSSR count). The van der Waals surface area contributed by atoms with Gasteiger partial charge in [-0.1, -0.05) is 22.0 Å². The number of halogens is 1. The monoisotopic (exact) mass is 287 g/mol. The van der Waals surface area contributed by atoms with Crippen molar-refractivity contribution in [2.24, 2.45) is 0 Å². The molecule has 1 heterocycles. The Kier molecular flexibility index (Phi) is 3.81. The van der Waals surface area contributed by atoms with Gasteiger partial charge in [0.2, 0.25) is 0 Å². The molecule has 0 aromatic heterocycles. The Morgan fingerprint density at radius 1 is 1.33 bits per heavy atom. The maximum atomic E-state index is 11.2. The summed E-state index contributed by atoms with van der Waals surface area (Å²) in [5.41, 5.74) is 1.14. The lowest BCUT2D eigenvalue weighted by atomic mass is 10.1. The third-order valence-corrected chi connectivity index (χ3v) is 4.46. The maximum absolute atomic E-state index is 11.2. The normalized spacial score (nSPS) is 26.2. The van der Waals surface area contributed by atoms with Crippen LogP contribution >= 0.6 is 15.9 Å². The summed E-state index contributed by atoms with van der Waals surface area (Å²) in [4.78, 5) is 0. The second-order valence-electron chi connectivity index (χ2n) is 3.78. The van der Waals surface area contributed by atoms with Crippen LogP contribution in [0.5, 0.6) is 0 Å². The Labute approximate surface area is 101 Å². The van der Waals surface area contributed by atoms with E-state index in [1.807, 2.05) is 12.1 Å². The summed E-state index contributed by atoms with van der Waals surface area (Å²) < 4.78 is 12.3. The molecular weight excluding hydrogens is 274 g/mol. The highest BCUT2D eigenvalue weighted by molar-refractivity contribution is 9.10.